The summed E-state index contributed by atoms with van der Waals surface area (Å²) in [6, 6.07) is 13.4. The highest BCUT2D eigenvalue weighted by Crippen LogP contribution is 2.43. The fourth-order valence-corrected chi connectivity index (χ4v) is 4.79. The predicted molar refractivity (Wildman–Crippen MR) is 146 cm³/mol. The van der Waals surface area contributed by atoms with Crippen molar-refractivity contribution in [3.63, 3.8) is 0 Å². The van der Waals surface area contributed by atoms with Crippen LogP contribution in [0.5, 0.6) is 11.5 Å². The van der Waals surface area contributed by atoms with Gasteiger partial charge >= 0.3 is 0 Å². The van der Waals surface area contributed by atoms with Crippen LogP contribution in [0.3, 0.4) is 0 Å². The Morgan fingerprint density at radius 2 is 1.57 bits per heavy atom. The summed E-state index contributed by atoms with van der Waals surface area (Å²) < 4.78 is 11.0. The summed E-state index contributed by atoms with van der Waals surface area (Å²) in [6.45, 7) is 7.66. The molecule has 1 atom stereocenters. The van der Waals surface area contributed by atoms with E-state index in [1.54, 1.807) is 61.6 Å². The van der Waals surface area contributed by atoms with E-state index in [4.69, 9.17) is 9.47 Å². The third-order valence-electron chi connectivity index (χ3n) is 6.85. The Bertz CT molecular complexity index is 1070. The van der Waals surface area contributed by atoms with Crippen LogP contribution in [-0.4, -0.2) is 67.0 Å². The second kappa shape index (κ2) is 13.8. The summed E-state index contributed by atoms with van der Waals surface area (Å²) >= 11 is 0. The van der Waals surface area contributed by atoms with Gasteiger partial charge in [0, 0.05) is 23.7 Å². The molecule has 0 bridgehead atoms. The first-order valence-corrected chi connectivity index (χ1v) is 13.2. The molecule has 1 N–H and O–H groups in total. The Kier molecular flexibility index (Phi) is 10.6. The Labute approximate surface area is 220 Å². The SMILES string of the molecule is CCCCN(CCCC)CCCN1C(=O)C(=O)C(=C(O)c2ccccc2)[C@H]1c1ccc(OC)cc1OC. The number of rotatable bonds is 14. The van der Waals surface area contributed by atoms with Crippen molar-refractivity contribution >= 4 is 17.4 Å². The molecular formula is C30H40N2O5. The molecule has 1 saturated heterocycles. The second-order valence-electron chi connectivity index (χ2n) is 9.37. The van der Waals surface area contributed by atoms with Crippen molar-refractivity contribution in [2.24, 2.45) is 0 Å². The highest BCUT2D eigenvalue weighted by Gasteiger charge is 2.46. The molecule has 1 aliphatic heterocycles. The van der Waals surface area contributed by atoms with Gasteiger partial charge in [-0.15, -0.1) is 0 Å². The number of hydrogen-bond acceptors (Lipinski definition) is 6. The molecule has 200 valence electrons. The maximum atomic E-state index is 13.3. The van der Waals surface area contributed by atoms with Gasteiger partial charge in [-0.1, -0.05) is 57.0 Å². The average molecular weight is 509 g/mol. The van der Waals surface area contributed by atoms with E-state index in [1.807, 2.05) is 6.07 Å². The van der Waals surface area contributed by atoms with Gasteiger partial charge in [0.15, 0.2) is 0 Å². The maximum absolute atomic E-state index is 13.3. The summed E-state index contributed by atoms with van der Waals surface area (Å²) in [5.41, 5.74) is 1.20. The number of methoxy groups -OCH3 is 2. The first-order chi connectivity index (χ1) is 18.0. The van der Waals surface area contributed by atoms with Gasteiger partial charge in [-0.25, -0.2) is 0 Å². The van der Waals surface area contributed by atoms with Gasteiger partial charge in [0.2, 0.25) is 0 Å². The third-order valence-corrected chi connectivity index (χ3v) is 6.85. The lowest BCUT2D eigenvalue weighted by molar-refractivity contribution is -0.140. The van der Waals surface area contributed by atoms with E-state index in [9.17, 15) is 14.7 Å². The molecular weight excluding hydrogens is 468 g/mol. The van der Waals surface area contributed by atoms with E-state index in [0.29, 0.717) is 29.2 Å². The molecule has 0 saturated carbocycles. The van der Waals surface area contributed by atoms with Crippen molar-refractivity contribution in [2.75, 3.05) is 40.4 Å². The standard InChI is InChI=1S/C30H40N2O5/c1-5-7-17-31(18-8-6-2)19-12-20-32-27(24-16-15-23(36-3)21-25(24)37-4)26(29(34)30(32)35)28(33)22-13-10-9-11-14-22/h9-11,13-16,21,27,33H,5-8,12,17-20H2,1-4H3/t27-/m1/s1. The van der Waals surface area contributed by atoms with Crippen molar-refractivity contribution in [3.8, 4) is 11.5 Å². The average Bonchev–Trinajstić information content (AvgIpc) is 3.18. The van der Waals surface area contributed by atoms with Crippen LogP contribution in [0.4, 0.5) is 0 Å². The number of aliphatic hydroxyl groups is 1. The highest BCUT2D eigenvalue weighted by atomic mass is 16.5. The third kappa shape index (κ3) is 6.72. The fourth-order valence-electron chi connectivity index (χ4n) is 4.79. The molecule has 1 aliphatic rings. The predicted octanol–water partition coefficient (Wildman–Crippen LogP) is 5.42. The minimum atomic E-state index is -0.763. The maximum Gasteiger partial charge on any atom is 0.295 e. The molecule has 2 aromatic carbocycles. The summed E-state index contributed by atoms with van der Waals surface area (Å²) in [6.07, 6.45) is 5.26. The number of unbranched alkanes of at least 4 members (excludes halogenated alkanes) is 2. The molecule has 1 amide bonds. The molecule has 1 heterocycles. The molecule has 37 heavy (non-hydrogen) atoms. The van der Waals surface area contributed by atoms with Crippen molar-refractivity contribution in [2.45, 2.75) is 52.0 Å². The van der Waals surface area contributed by atoms with Crippen LogP contribution >= 0.6 is 0 Å². The van der Waals surface area contributed by atoms with Gasteiger partial charge in [-0.2, -0.15) is 0 Å². The van der Waals surface area contributed by atoms with Crippen LogP contribution in [0.15, 0.2) is 54.1 Å². The number of hydrogen-bond donors (Lipinski definition) is 1. The zero-order valence-electron chi connectivity index (χ0n) is 22.5. The van der Waals surface area contributed by atoms with E-state index in [0.717, 1.165) is 51.7 Å². The van der Waals surface area contributed by atoms with Gasteiger partial charge in [-0.3, -0.25) is 9.59 Å². The van der Waals surface area contributed by atoms with Crippen LogP contribution < -0.4 is 9.47 Å². The van der Waals surface area contributed by atoms with Gasteiger partial charge in [-0.05, 0) is 51.0 Å². The van der Waals surface area contributed by atoms with Crippen LogP contribution in [0.2, 0.25) is 0 Å². The first kappa shape index (κ1) is 28.3. The molecule has 7 heteroatoms. The molecule has 0 radical (unpaired) electrons. The molecule has 1 fully saturated rings. The summed E-state index contributed by atoms with van der Waals surface area (Å²) in [5, 5.41) is 11.2. The fraction of sp³-hybridized carbons (Fsp3) is 0.467. The first-order valence-electron chi connectivity index (χ1n) is 13.2. The Morgan fingerprint density at radius 1 is 0.919 bits per heavy atom. The normalized spacial score (nSPS) is 17.0. The lowest BCUT2D eigenvalue weighted by Gasteiger charge is -2.28. The number of ketones is 1. The van der Waals surface area contributed by atoms with E-state index in [2.05, 4.69) is 18.7 Å². The largest absolute Gasteiger partial charge is 0.507 e. The number of ether oxygens (including phenoxy) is 2. The van der Waals surface area contributed by atoms with Crippen molar-refractivity contribution in [1.82, 2.24) is 9.80 Å². The van der Waals surface area contributed by atoms with Crippen LogP contribution in [-0.2, 0) is 9.59 Å². The number of amides is 1. The molecule has 0 aliphatic carbocycles. The summed E-state index contributed by atoms with van der Waals surface area (Å²) in [7, 11) is 3.11. The lowest BCUT2D eigenvalue weighted by Crippen LogP contribution is -2.34. The number of nitrogens with zero attached hydrogens (tertiary/aromatic N) is 2. The molecule has 0 spiro atoms. The minimum absolute atomic E-state index is 0.0773. The topological polar surface area (TPSA) is 79.3 Å². The molecule has 2 aromatic rings. The number of aliphatic hydroxyl groups excluding tert-OH is 1. The molecule has 0 unspecified atom stereocenters. The van der Waals surface area contributed by atoms with E-state index in [-0.39, 0.29) is 11.3 Å². The van der Waals surface area contributed by atoms with Crippen LogP contribution in [0.25, 0.3) is 5.76 Å². The van der Waals surface area contributed by atoms with Crippen molar-refractivity contribution in [3.05, 3.63) is 65.2 Å². The highest BCUT2D eigenvalue weighted by molar-refractivity contribution is 6.46. The smallest absolute Gasteiger partial charge is 0.295 e. The zero-order chi connectivity index (χ0) is 26.8. The van der Waals surface area contributed by atoms with Crippen molar-refractivity contribution in [1.29, 1.82) is 0 Å². The Balaban J connectivity index is 1.98. The van der Waals surface area contributed by atoms with E-state index >= 15 is 0 Å². The van der Waals surface area contributed by atoms with Gasteiger partial charge < -0.3 is 24.4 Å². The monoisotopic (exact) mass is 508 g/mol. The molecule has 7 nitrogen and oxygen atoms in total. The minimum Gasteiger partial charge on any atom is -0.507 e. The van der Waals surface area contributed by atoms with Crippen molar-refractivity contribution < 1.29 is 24.2 Å². The number of Topliss-reactive ketones (excluding diaryl/α,β-unsaturated/α-hetero) is 1. The second-order valence-corrected chi connectivity index (χ2v) is 9.37. The quantitative estimate of drug-likeness (QED) is 0.209. The Hall–Kier alpha value is -3.32. The zero-order valence-corrected chi connectivity index (χ0v) is 22.5. The van der Waals surface area contributed by atoms with Crippen LogP contribution in [0, 0.1) is 0 Å². The number of carbonyl (C=O) groups excluding carboxylic acids is 2. The van der Waals surface area contributed by atoms with Gasteiger partial charge in [0.25, 0.3) is 11.7 Å². The van der Waals surface area contributed by atoms with E-state index in [1.165, 1.54) is 0 Å². The van der Waals surface area contributed by atoms with E-state index < -0.39 is 17.7 Å². The number of benzene rings is 2. The number of carbonyl (C=O) groups is 2. The lowest BCUT2D eigenvalue weighted by atomic mass is 9.94. The summed E-state index contributed by atoms with van der Waals surface area (Å²) in [5.74, 6) is -0.380. The Morgan fingerprint density at radius 3 is 2.16 bits per heavy atom. The van der Waals surface area contributed by atoms with Crippen LogP contribution in [0.1, 0.15) is 63.1 Å². The summed E-state index contributed by atoms with van der Waals surface area (Å²) in [4.78, 5) is 30.7. The molecule has 0 aromatic heterocycles. The van der Waals surface area contributed by atoms with Gasteiger partial charge in [0.1, 0.15) is 17.3 Å². The number of likely N-dealkylation sites (tertiary alicyclic amines) is 1. The molecule has 3 rings (SSSR count). The van der Waals surface area contributed by atoms with Gasteiger partial charge in [0.05, 0.1) is 25.8 Å².